The Kier molecular flexibility index (Phi) is 0.327. The van der Waals surface area contributed by atoms with Crippen molar-refractivity contribution in [2.24, 2.45) is 23.2 Å². The second-order valence-corrected chi connectivity index (χ2v) is 3.77. The van der Waals surface area contributed by atoms with E-state index in [4.69, 9.17) is 0 Å². The zero-order valence-electron chi connectivity index (χ0n) is 5.09. The minimum Gasteiger partial charge on any atom is -0.0877 e. The number of rotatable bonds is 0. The Labute approximate surface area is 49.6 Å². The molecule has 0 aromatic heterocycles. The van der Waals surface area contributed by atoms with Crippen molar-refractivity contribution >= 4 is 0 Å². The molecule has 2 atom stereocenters. The average molecular weight is 106 g/mol. The van der Waals surface area contributed by atoms with Crippen LogP contribution in [-0.2, 0) is 0 Å². The van der Waals surface area contributed by atoms with E-state index in [9.17, 15) is 0 Å². The van der Waals surface area contributed by atoms with Crippen LogP contribution in [0, 0.1) is 23.2 Å². The first kappa shape index (κ1) is 3.71. The van der Waals surface area contributed by atoms with Crippen LogP contribution in [-0.4, -0.2) is 0 Å². The molecule has 0 saturated heterocycles. The van der Waals surface area contributed by atoms with Crippen molar-refractivity contribution in [3.05, 3.63) is 12.2 Å². The van der Waals surface area contributed by atoms with Crippen LogP contribution in [0.25, 0.3) is 0 Å². The topological polar surface area (TPSA) is 0 Å². The van der Waals surface area contributed by atoms with Gasteiger partial charge in [0.1, 0.15) is 0 Å². The molecule has 0 aromatic carbocycles. The summed E-state index contributed by atoms with van der Waals surface area (Å²) in [4.78, 5) is 0. The van der Waals surface area contributed by atoms with E-state index < -0.39 is 0 Å². The minimum atomic E-state index is 0.819. The van der Waals surface area contributed by atoms with Gasteiger partial charge in [-0.3, -0.25) is 0 Å². The molecule has 2 saturated carbocycles. The summed E-state index contributed by atoms with van der Waals surface area (Å²) < 4.78 is 0. The van der Waals surface area contributed by atoms with Crippen molar-refractivity contribution < 1.29 is 0 Å². The van der Waals surface area contributed by atoms with Gasteiger partial charge in [0, 0.05) is 0 Å². The highest BCUT2D eigenvalue weighted by atomic mass is 14.8. The molecule has 0 amide bonds. The second kappa shape index (κ2) is 0.706. The van der Waals surface area contributed by atoms with E-state index in [2.05, 4.69) is 19.1 Å². The molecule has 0 heteroatoms. The highest BCUT2D eigenvalue weighted by molar-refractivity contribution is 5.36. The average Bonchev–Trinajstić information content (AvgIpc) is 2.54. The molecular weight excluding hydrogens is 96.1 g/mol. The summed E-state index contributed by atoms with van der Waals surface area (Å²) in [5.74, 6) is 3.34. The fourth-order valence-corrected chi connectivity index (χ4v) is 2.72. The molecule has 0 aromatic rings. The lowest BCUT2D eigenvalue weighted by molar-refractivity contribution is 0.346. The summed E-state index contributed by atoms with van der Waals surface area (Å²) in [5.41, 5.74) is 0.819. The van der Waals surface area contributed by atoms with E-state index in [1.807, 2.05) is 0 Å². The van der Waals surface area contributed by atoms with Gasteiger partial charge in [-0.25, -0.2) is 0 Å². The quantitative estimate of drug-likeness (QED) is 0.413. The van der Waals surface area contributed by atoms with Gasteiger partial charge in [0.25, 0.3) is 0 Å². The van der Waals surface area contributed by atoms with Crippen LogP contribution in [0.2, 0.25) is 0 Å². The third kappa shape index (κ3) is 0.180. The zero-order valence-corrected chi connectivity index (χ0v) is 5.09. The highest BCUT2D eigenvalue weighted by Gasteiger charge is 2.80. The number of allylic oxidation sites excluding steroid dienone is 2. The first-order chi connectivity index (χ1) is 3.84. The Hall–Kier alpha value is -0.260. The summed E-state index contributed by atoms with van der Waals surface area (Å²) in [7, 11) is 0. The SMILES string of the molecule is CC12CC=CC3C1C32. The smallest absolute Gasteiger partial charge is 0.0160 e. The molecule has 8 heavy (non-hydrogen) atoms. The van der Waals surface area contributed by atoms with Crippen molar-refractivity contribution in [2.75, 3.05) is 0 Å². The van der Waals surface area contributed by atoms with Crippen molar-refractivity contribution in [3.8, 4) is 0 Å². The van der Waals surface area contributed by atoms with Gasteiger partial charge < -0.3 is 0 Å². The normalized spacial score (nSPS) is 71.9. The van der Waals surface area contributed by atoms with Gasteiger partial charge in [-0.05, 0) is 29.6 Å². The van der Waals surface area contributed by atoms with Gasteiger partial charge in [0.2, 0.25) is 0 Å². The van der Waals surface area contributed by atoms with Crippen molar-refractivity contribution in [2.45, 2.75) is 13.3 Å². The summed E-state index contributed by atoms with van der Waals surface area (Å²) in [6.45, 7) is 2.43. The first-order valence-electron chi connectivity index (χ1n) is 3.51. The van der Waals surface area contributed by atoms with E-state index in [-0.39, 0.29) is 0 Å². The van der Waals surface area contributed by atoms with Crippen LogP contribution >= 0.6 is 0 Å². The maximum Gasteiger partial charge on any atom is -0.0160 e. The molecule has 0 radical (unpaired) electrons. The van der Waals surface area contributed by atoms with Crippen LogP contribution in [0.1, 0.15) is 13.3 Å². The summed E-state index contributed by atoms with van der Waals surface area (Å²) in [6.07, 6.45) is 6.16. The molecule has 2 unspecified atom stereocenters. The van der Waals surface area contributed by atoms with Crippen LogP contribution in [0.15, 0.2) is 12.2 Å². The lowest BCUT2D eigenvalue weighted by Gasteiger charge is -2.22. The lowest BCUT2D eigenvalue weighted by Crippen LogP contribution is -2.14. The molecule has 3 aliphatic rings. The highest BCUT2D eigenvalue weighted by Crippen LogP contribution is 2.84. The van der Waals surface area contributed by atoms with E-state index in [1.54, 1.807) is 0 Å². The minimum absolute atomic E-state index is 0.819. The Morgan fingerprint density at radius 1 is 1.50 bits per heavy atom. The van der Waals surface area contributed by atoms with Gasteiger partial charge in [-0.15, -0.1) is 0 Å². The van der Waals surface area contributed by atoms with Crippen LogP contribution in [0.5, 0.6) is 0 Å². The van der Waals surface area contributed by atoms with E-state index in [1.165, 1.54) is 6.42 Å². The predicted octanol–water partition coefficient (Wildman–Crippen LogP) is 1.83. The molecule has 42 valence electrons. The van der Waals surface area contributed by atoms with E-state index in [0.717, 1.165) is 23.2 Å². The predicted molar refractivity (Wildman–Crippen MR) is 32.3 cm³/mol. The Morgan fingerprint density at radius 3 is 2.62 bits per heavy atom. The third-order valence-electron chi connectivity index (χ3n) is 3.41. The largest absolute Gasteiger partial charge is 0.0877 e. The van der Waals surface area contributed by atoms with Crippen LogP contribution < -0.4 is 0 Å². The molecule has 3 aliphatic carbocycles. The van der Waals surface area contributed by atoms with Gasteiger partial charge >= 0.3 is 0 Å². The van der Waals surface area contributed by atoms with Crippen LogP contribution in [0.4, 0.5) is 0 Å². The first-order valence-corrected chi connectivity index (χ1v) is 3.51. The Bertz CT molecular complexity index is 168. The molecule has 0 N–H and O–H groups in total. The summed E-state index contributed by atoms with van der Waals surface area (Å²) in [5, 5.41) is 0. The monoisotopic (exact) mass is 106 g/mol. The van der Waals surface area contributed by atoms with Gasteiger partial charge in [-0.2, -0.15) is 0 Å². The van der Waals surface area contributed by atoms with Crippen molar-refractivity contribution in [1.29, 1.82) is 0 Å². The molecule has 0 spiro atoms. The number of hydrogen-bond donors (Lipinski definition) is 0. The molecule has 0 bridgehead atoms. The van der Waals surface area contributed by atoms with Gasteiger partial charge in [-0.1, -0.05) is 19.1 Å². The zero-order chi connectivity index (χ0) is 5.35. The molecule has 0 nitrogen and oxygen atoms in total. The van der Waals surface area contributed by atoms with Crippen molar-refractivity contribution in [3.63, 3.8) is 0 Å². The molecule has 2 fully saturated rings. The molecule has 3 rings (SSSR count). The van der Waals surface area contributed by atoms with Crippen LogP contribution in [0.3, 0.4) is 0 Å². The molecule has 0 heterocycles. The van der Waals surface area contributed by atoms with Gasteiger partial charge in [0.05, 0.1) is 0 Å². The standard InChI is InChI=1S/C8H10/c1-8-4-2-3-5-6(8)7(5)8/h2-3,5-7H,4H2,1H3. The Balaban J connectivity index is 2.10. The van der Waals surface area contributed by atoms with Crippen molar-refractivity contribution in [1.82, 2.24) is 0 Å². The third-order valence-corrected chi connectivity index (χ3v) is 3.41. The second-order valence-electron chi connectivity index (χ2n) is 3.77. The molecular formula is C8H10. The fraction of sp³-hybridized carbons (Fsp3) is 0.750. The van der Waals surface area contributed by atoms with E-state index in [0.29, 0.717) is 0 Å². The molecule has 0 aliphatic heterocycles. The maximum atomic E-state index is 2.43. The lowest BCUT2D eigenvalue weighted by atomic mass is 9.82. The number of fused-ring (bicyclic) bond motifs is 2. The summed E-state index contributed by atoms with van der Waals surface area (Å²) >= 11 is 0. The number of hydrogen-bond acceptors (Lipinski definition) is 0. The summed E-state index contributed by atoms with van der Waals surface area (Å²) in [6, 6.07) is 0. The Morgan fingerprint density at radius 2 is 2.25 bits per heavy atom. The fourth-order valence-electron chi connectivity index (χ4n) is 2.72. The van der Waals surface area contributed by atoms with E-state index >= 15 is 0 Å². The maximum absolute atomic E-state index is 2.43. The van der Waals surface area contributed by atoms with Gasteiger partial charge in [0.15, 0.2) is 0 Å².